The molecule has 0 N–H and O–H groups in total. The van der Waals surface area contributed by atoms with Gasteiger partial charge in [0.05, 0.1) is 17.4 Å². The van der Waals surface area contributed by atoms with E-state index in [1.54, 1.807) is 0 Å². The van der Waals surface area contributed by atoms with Crippen LogP contribution in [0.1, 0.15) is 11.1 Å². The molecule has 0 bridgehead atoms. The molecule has 0 aliphatic heterocycles. The summed E-state index contributed by atoms with van der Waals surface area (Å²) in [4.78, 5) is 0. The Labute approximate surface area is 105 Å². The highest BCUT2D eigenvalue weighted by atomic mass is 32.2. The lowest BCUT2D eigenvalue weighted by atomic mass is 10.1. The maximum atomic E-state index is 13.0. The Balaban J connectivity index is 2.58. The summed E-state index contributed by atoms with van der Waals surface area (Å²) in [5.41, 5.74) is 1.03. The molecule has 0 radical (unpaired) electrons. The van der Waals surface area contributed by atoms with Gasteiger partial charge in [0.25, 0.3) is 0 Å². The number of nitrogens with zero attached hydrogens (tertiary/aromatic N) is 1. The largest absolute Gasteiger partial charge is 0.229 e. The van der Waals surface area contributed by atoms with Gasteiger partial charge in [-0.2, -0.15) is 17.0 Å². The summed E-state index contributed by atoms with van der Waals surface area (Å²) in [6.45, 7) is 0. The zero-order valence-corrected chi connectivity index (χ0v) is 10.9. The topological polar surface area (TPSA) is 57.9 Å². The first-order chi connectivity index (χ1) is 7.92. The average molecular weight is 273 g/mol. The fourth-order valence-corrected chi connectivity index (χ4v) is 3.47. The number of halogens is 1. The van der Waals surface area contributed by atoms with E-state index < -0.39 is 9.84 Å². The lowest BCUT2D eigenvalue weighted by Gasteiger charge is -2.03. The van der Waals surface area contributed by atoms with Crippen molar-refractivity contribution in [2.75, 3.05) is 17.8 Å². The van der Waals surface area contributed by atoms with E-state index in [1.165, 1.54) is 36.2 Å². The molecule has 1 aromatic carbocycles. The standard InChI is InChI=1S/C11H12FNO2S2/c1-17(14,15)5-4-16-8-10-6-11(12)3-2-9(10)7-13/h2-3,6H,4-5,8H2,1H3. The first-order valence-electron chi connectivity index (χ1n) is 4.86. The van der Waals surface area contributed by atoms with E-state index in [0.717, 1.165) is 0 Å². The van der Waals surface area contributed by atoms with Crippen molar-refractivity contribution in [1.82, 2.24) is 0 Å². The molecule has 1 aromatic rings. The number of benzene rings is 1. The van der Waals surface area contributed by atoms with Crippen LogP contribution in [0.2, 0.25) is 0 Å². The minimum absolute atomic E-state index is 0.0921. The molecular formula is C11H12FNO2S2. The van der Waals surface area contributed by atoms with E-state index in [0.29, 0.717) is 22.6 Å². The Kier molecular flexibility index (Phi) is 4.97. The van der Waals surface area contributed by atoms with E-state index in [1.807, 2.05) is 6.07 Å². The van der Waals surface area contributed by atoms with E-state index in [2.05, 4.69) is 0 Å². The monoisotopic (exact) mass is 273 g/mol. The van der Waals surface area contributed by atoms with Crippen LogP contribution >= 0.6 is 11.8 Å². The Morgan fingerprint density at radius 2 is 2.18 bits per heavy atom. The second kappa shape index (κ2) is 6.03. The molecule has 17 heavy (non-hydrogen) atoms. The lowest BCUT2D eigenvalue weighted by Crippen LogP contribution is -2.05. The van der Waals surface area contributed by atoms with Crippen molar-refractivity contribution in [1.29, 1.82) is 5.26 Å². The first-order valence-corrected chi connectivity index (χ1v) is 8.08. The molecular weight excluding hydrogens is 261 g/mol. The van der Waals surface area contributed by atoms with Crippen molar-refractivity contribution >= 4 is 21.6 Å². The summed E-state index contributed by atoms with van der Waals surface area (Å²) in [5, 5.41) is 8.82. The van der Waals surface area contributed by atoms with Gasteiger partial charge in [-0.05, 0) is 23.8 Å². The molecule has 0 aliphatic carbocycles. The summed E-state index contributed by atoms with van der Waals surface area (Å²) in [5.74, 6) is 0.591. The van der Waals surface area contributed by atoms with Gasteiger partial charge in [-0.15, -0.1) is 0 Å². The van der Waals surface area contributed by atoms with Crippen LogP contribution in [-0.2, 0) is 15.6 Å². The van der Waals surface area contributed by atoms with Crippen molar-refractivity contribution in [3.63, 3.8) is 0 Å². The van der Waals surface area contributed by atoms with Gasteiger partial charge < -0.3 is 0 Å². The molecule has 0 amide bonds. The SMILES string of the molecule is CS(=O)(=O)CCSCc1cc(F)ccc1C#N. The fourth-order valence-electron chi connectivity index (χ4n) is 1.18. The van der Waals surface area contributed by atoms with E-state index in [-0.39, 0.29) is 11.6 Å². The number of sulfone groups is 1. The van der Waals surface area contributed by atoms with Crippen molar-refractivity contribution in [2.24, 2.45) is 0 Å². The molecule has 0 aromatic heterocycles. The molecule has 0 saturated heterocycles. The molecule has 0 spiro atoms. The second-order valence-electron chi connectivity index (χ2n) is 3.60. The molecule has 3 nitrogen and oxygen atoms in total. The van der Waals surface area contributed by atoms with Crippen molar-refractivity contribution in [2.45, 2.75) is 5.75 Å². The molecule has 1 rings (SSSR count). The Morgan fingerprint density at radius 1 is 1.47 bits per heavy atom. The average Bonchev–Trinajstić information content (AvgIpc) is 2.23. The highest BCUT2D eigenvalue weighted by Crippen LogP contribution is 2.17. The third kappa shape index (κ3) is 5.20. The van der Waals surface area contributed by atoms with Gasteiger partial charge in [0.15, 0.2) is 0 Å². The van der Waals surface area contributed by atoms with Crippen molar-refractivity contribution in [3.05, 3.63) is 35.1 Å². The van der Waals surface area contributed by atoms with Crippen LogP contribution in [-0.4, -0.2) is 26.2 Å². The molecule has 0 atom stereocenters. The van der Waals surface area contributed by atoms with Gasteiger partial charge in [0.1, 0.15) is 15.7 Å². The van der Waals surface area contributed by atoms with Gasteiger partial charge in [-0.1, -0.05) is 0 Å². The number of hydrogen-bond acceptors (Lipinski definition) is 4. The van der Waals surface area contributed by atoms with Gasteiger partial charge in [0.2, 0.25) is 0 Å². The van der Waals surface area contributed by atoms with Crippen LogP contribution in [0.5, 0.6) is 0 Å². The number of thioether (sulfide) groups is 1. The zero-order chi connectivity index (χ0) is 12.9. The van der Waals surface area contributed by atoms with E-state index in [9.17, 15) is 12.8 Å². The summed E-state index contributed by atoms with van der Waals surface area (Å²) in [6.07, 6.45) is 1.18. The van der Waals surface area contributed by atoms with Crippen LogP contribution in [0.3, 0.4) is 0 Å². The highest BCUT2D eigenvalue weighted by Gasteiger charge is 2.06. The first kappa shape index (κ1) is 14.0. The van der Waals surface area contributed by atoms with Crippen LogP contribution in [0.25, 0.3) is 0 Å². The minimum atomic E-state index is -2.96. The summed E-state index contributed by atoms with van der Waals surface area (Å²) < 4.78 is 34.8. The zero-order valence-electron chi connectivity index (χ0n) is 9.31. The highest BCUT2D eigenvalue weighted by molar-refractivity contribution is 7.99. The molecule has 92 valence electrons. The van der Waals surface area contributed by atoms with Crippen molar-refractivity contribution in [3.8, 4) is 6.07 Å². The Hall–Kier alpha value is -1.06. The summed E-state index contributed by atoms with van der Waals surface area (Å²) in [7, 11) is -2.96. The molecule has 0 unspecified atom stereocenters. The quantitative estimate of drug-likeness (QED) is 0.770. The fraction of sp³-hybridized carbons (Fsp3) is 0.364. The maximum Gasteiger partial charge on any atom is 0.148 e. The van der Waals surface area contributed by atoms with Gasteiger partial charge in [-0.3, -0.25) is 0 Å². The van der Waals surface area contributed by atoms with Crippen LogP contribution in [0.4, 0.5) is 4.39 Å². The summed E-state index contributed by atoms with van der Waals surface area (Å²) >= 11 is 1.37. The van der Waals surface area contributed by atoms with Gasteiger partial charge in [-0.25, -0.2) is 12.8 Å². The number of nitriles is 1. The predicted octanol–water partition coefficient (Wildman–Crippen LogP) is 1.98. The van der Waals surface area contributed by atoms with E-state index in [4.69, 9.17) is 5.26 Å². The van der Waals surface area contributed by atoms with Crippen molar-refractivity contribution < 1.29 is 12.8 Å². The maximum absolute atomic E-state index is 13.0. The normalized spacial score (nSPS) is 11.1. The second-order valence-corrected chi connectivity index (χ2v) is 6.96. The minimum Gasteiger partial charge on any atom is -0.229 e. The summed E-state index contributed by atoms with van der Waals surface area (Å²) in [6, 6.07) is 5.96. The van der Waals surface area contributed by atoms with Gasteiger partial charge >= 0.3 is 0 Å². The van der Waals surface area contributed by atoms with Crippen LogP contribution < -0.4 is 0 Å². The molecule has 0 saturated carbocycles. The van der Waals surface area contributed by atoms with Gasteiger partial charge in [0, 0.05) is 17.8 Å². The number of rotatable bonds is 5. The number of hydrogen-bond donors (Lipinski definition) is 0. The Bertz CT molecular complexity index is 535. The smallest absolute Gasteiger partial charge is 0.148 e. The van der Waals surface area contributed by atoms with E-state index >= 15 is 0 Å². The lowest BCUT2D eigenvalue weighted by molar-refractivity contribution is 0.603. The molecule has 6 heteroatoms. The predicted molar refractivity (Wildman–Crippen MR) is 67.0 cm³/mol. The van der Waals surface area contributed by atoms with Crippen LogP contribution in [0, 0.1) is 17.1 Å². The third-order valence-corrected chi connectivity index (χ3v) is 4.26. The third-order valence-electron chi connectivity index (χ3n) is 2.04. The molecule has 0 fully saturated rings. The molecule has 0 heterocycles. The van der Waals surface area contributed by atoms with Crippen LogP contribution in [0.15, 0.2) is 18.2 Å². The Morgan fingerprint density at radius 3 is 2.76 bits per heavy atom. The molecule has 0 aliphatic rings.